The first-order chi connectivity index (χ1) is 7.13. The number of rotatable bonds is 4. The quantitative estimate of drug-likeness (QED) is 0.615. The number of carbonyl (C=O) groups is 2. The van der Waals surface area contributed by atoms with Crippen LogP contribution in [0.25, 0.3) is 0 Å². The van der Waals surface area contributed by atoms with Crippen molar-refractivity contribution in [1.82, 2.24) is 15.2 Å². The maximum absolute atomic E-state index is 10.9. The molecule has 15 heavy (non-hydrogen) atoms. The number of aromatic amines is 1. The van der Waals surface area contributed by atoms with Crippen LogP contribution < -0.4 is 5.32 Å². The van der Waals surface area contributed by atoms with Gasteiger partial charge in [-0.1, -0.05) is 12.7 Å². The van der Waals surface area contributed by atoms with E-state index in [1.807, 2.05) is 0 Å². The molecule has 0 unspecified atom stereocenters. The Morgan fingerprint density at radius 1 is 1.67 bits per heavy atom. The summed E-state index contributed by atoms with van der Waals surface area (Å²) >= 11 is 0. The molecule has 0 aliphatic carbocycles. The van der Waals surface area contributed by atoms with Gasteiger partial charge in [0.15, 0.2) is 0 Å². The van der Waals surface area contributed by atoms with E-state index in [0.29, 0.717) is 0 Å². The highest BCUT2D eigenvalue weighted by Gasteiger charge is 2.11. The van der Waals surface area contributed by atoms with Crippen molar-refractivity contribution in [3.63, 3.8) is 0 Å². The Morgan fingerprint density at radius 2 is 2.40 bits per heavy atom. The summed E-state index contributed by atoms with van der Waals surface area (Å²) in [4.78, 5) is 24.8. The van der Waals surface area contributed by atoms with Gasteiger partial charge in [-0.3, -0.25) is 10.4 Å². The Morgan fingerprint density at radius 3 is 2.93 bits per heavy atom. The highest BCUT2D eigenvalue weighted by molar-refractivity contribution is 5.85. The minimum Gasteiger partial charge on any atom is -0.475 e. The number of carbonyl (C=O) groups excluding carboxylic acids is 1. The number of amides is 1. The van der Waals surface area contributed by atoms with Crippen LogP contribution in [0.2, 0.25) is 0 Å². The lowest BCUT2D eigenvalue weighted by atomic mass is 10.6. The number of aromatic nitrogens is 3. The van der Waals surface area contributed by atoms with Crippen molar-refractivity contribution < 1.29 is 19.4 Å². The molecule has 0 saturated heterocycles. The molecule has 1 heterocycles. The third-order valence-electron chi connectivity index (χ3n) is 1.23. The average Bonchev–Trinajstić information content (AvgIpc) is 2.63. The molecule has 8 nitrogen and oxygen atoms in total. The molecule has 0 radical (unpaired) electrons. The van der Waals surface area contributed by atoms with Crippen LogP contribution in [0, 0.1) is 0 Å². The number of aromatic carboxylic acids is 1. The number of nitrogens with zero attached hydrogens (tertiary/aromatic N) is 2. The fourth-order valence-corrected chi connectivity index (χ4v) is 0.675. The molecule has 1 rings (SSSR count). The Labute approximate surface area is 84.0 Å². The van der Waals surface area contributed by atoms with E-state index in [-0.39, 0.29) is 18.4 Å². The number of hydrogen-bond acceptors (Lipinski definition) is 5. The van der Waals surface area contributed by atoms with Gasteiger partial charge < -0.3 is 9.84 Å². The number of anilines is 1. The molecule has 0 fully saturated rings. The molecule has 0 bridgehead atoms. The van der Waals surface area contributed by atoms with Crippen LogP contribution >= 0.6 is 0 Å². The molecule has 0 aromatic carbocycles. The summed E-state index contributed by atoms with van der Waals surface area (Å²) in [6, 6.07) is 0. The predicted octanol–water partition coefficient (Wildman–Crippen LogP) is 0.237. The second-order valence-electron chi connectivity index (χ2n) is 2.32. The van der Waals surface area contributed by atoms with Crippen molar-refractivity contribution in [2.24, 2.45) is 0 Å². The molecule has 1 aromatic heterocycles. The monoisotopic (exact) mass is 212 g/mol. The van der Waals surface area contributed by atoms with E-state index in [0.717, 1.165) is 0 Å². The number of H-pyrrole nitrogens is 1. The minimum atomic E-state index is -1.27. The number of carboxylic acid groups (broad SMARTS) is 1. The highest BCUT2D eigenvalue weighted by atomic mass is 16.5. The zero-order valence-electron chi connectivity index (χ0n) is 7.56. The number of ether oxygens (including phenoxy) is 1. The van der Waals surface area contributed by atoms with Crippen LogP contribution in [-0.4, -0.2) is 39.0 Å². The van der Waals surface area contributed by atoms with Crippen molar-refractivity contribution in [2.75, 3.05) is 11.9 Å². The lowest BCUT2D eigenvalue weighted by Crippen LogP contribution is -2.14. The van der Waals surface area contributed by atoms with Gasteiger partial charge in [-0.25, -0.2) is 9.59 Å². The zero-order chi connectivity index (χ0) is 11.3. The van der Waals surface area contributed by atoms with E-state index < -0.39 is 12.1 Å². The van der Waals surface area contributed by atoms with E-state index in [2.05, 4.69) is 31.8 Å². The molecular formula is C7H8N4O4. The molecule has 0 atom stereocenters. The summed E-state index contributed by atoms with van der Waals surface area (Å²) in [5.74, 6) is -1.80. The van der Waals surface area contributed by atoms with E-state index in [9.17, 15) is 9.59 Å². The summed E-state index contributed by atoms with van der Waals surface area (Å²) in [6.07, 6.45) is 0.603. The maximum atomic E-state index is 10.9. The molecule has 1 amide bonds. The second-order valence-corrected chi connectivity index (χ2v) is 2.32. The predicted molar refractivity (Wildman–Crippen MR) is 48.5 cm³/mol. The van der Waals surface area contributed by atoms with Gasteiger partial charge in [0.25, 0.3) is 5.95 Å². The topological polar surface area (TPSA) is 117 Å². The van der Waals surface area contributed by atoms with Crippen LogP contribution in [-0.2, 0) is 4.74 Å². The summed E-state index contributed by atoms with van der Waals surface area (Å²) < 4.78 is 4.56. The fraction of sp³-hybridized carbons (Fsp3) is 0.143. The molecular weight excluding hydrogens is 204 g/mol. The fourth-order valence-electron chi connectivity index (χ4n) is 0.675. The van der Waals surface area contributed by atoms with Crippen LogP contribution in [0.1, 0.15) is 10.6 Å². The normalized spacial score (nSPS) is 9.33. The van der Waals surface area contributed by atoms with Crippen LogP contribution in [0.5, 0.6) is 0 Å². The summed E-state index contributed by atoms with van der Waals surface area (Å²) in [7, 11) is 0. The van der Waals surface area contributed by atoms with E-state index in [4.69, 9.17) is 5.11 Å². The van der Waals surface area contributed by atoms with Crippen molar-refractivity contribution in [3.8, 4) is 0 Å². The molecule has 80 valence electrons. The van der Waals surface area contributed by atoms with E-state index in [1.165, 1.54) is 6.08 Å². The van der Waals surface area contributed by atoms with Gasteiger partial charge >= 0.3 is 12.1 Å². The molecule has 0 saturated carbocycles. The molecule has 3 N–H and O–H groups in total. The molecule has 0 aliphatic rings. The molecule has 0 aliphatic heterocycles. The Bertz CT molecular complexity index is 386. The van der Waals surface area contributed by atoms with Crippen LogP contribution in [0.3, 0.4) is 0 Å². The van der Waals surface area contributed by atoms with Crippen LogP contribution in [0.15, 0.2) is 12.7 Å². The highest BCUT2D eigenvalue weighted by Crippen LogP contribution is 1.98. The number of carboxylic acids is 1. The van der Waals surface area contributed by atoms with Gasteiger partial charge in [-0.15, -0.1) is 5.10 Å². The van der Waals surface area contributed by atoms with E-state index in [1.54, 1.807) is 0 Å². The standard InChI is InChI=1S/C7H8N4O4/c1-2-3-15-7(14)9-6-8-4(5(12)13)10-11-6/h2H,1,3H2,(H,12,13)(H2,8,9,10,11,14). The third-order valence-corrected chi connectivity index (χ3v) is 1.23. The number of nitrogens with one attached hydrogen (secondary N) is 2. The van der Waals surface area contributed by atoms with Gasteiger partial charge in [0, 0.05) is 0 Å². The Balaban J connectivity index is 2.53. The minimum absolute atomic E-state index is 0.0437. The lowest BCUT2D eigenvalue weighted by Gasteiger charge is -1.99. The van der Waals surface area contributed by atoms with Crippen molar-refractivity contribution >= 4 is 18.0 Å². The SMILES string of the molecule is C=CCOC(=O)Nc1n[nH]c(C(=O)O)n1. The summed E-state index contributed by atoms with van der Waals surface area (Å²) in [5.41, 5.74) is 0. The first-order valence-electron chi connectivity index (χ1n) is 3.84. The molecule has 1 aromatic rings. The first-order valence-corrected chi connectivity index (χ1v) is 3.84. The zero-order valence-corrected chi connectivity index (χ0v) is 7.56. The average molecular weight is 212 g/mol. The van der Waals surface area contributed by atoms with Gasteiger partial charge in [0.05, 0.1) is 0 Å². The molecule has 8 heteroatoms. The van der Waals surface area contributed by atoms with Gasteiger partial charge in [0.1, 0.15) is 6.61 Å². The first kappa shape index (κ1) is 10.7. The second kappa shape index (κ2) is 4.74. The van der Waals surface area contributed by atoms with E-state index >= 15 is 0 Å². The maximum Gasteiger partial charge on any atom is 0.414 e. The summed E-state index contributed by atoms with van der Waals surface area (Å²) in [5, 5.41) is 16.2. The Hall–Kier alpha value is -2.38. The lowest BCUT2D eigenvalue weighted by molar-refractivity contribution is 0.0684. The Kier molecular flexibility index (Phi) is 3.38. The van der Waals surface area contributed by atoms with Gasteiger partial charge in [0.2, 0.25) is 5.82 Å². The summed E-state index contributed by atoms with van der Waals surface area (Å²) in [6.45, 7) is 3.39. The number of hydrogen-bond donors (Lipinski definition) is 3. The largest absolute Gasteiger partial charge is 0.475 e. The van der Waals surface area contributed by atoms with Gasteiger partial charge in [-0.2, -0.15) is 4.98 Å². The van der Waals surface area contributed by atoms with Crippen molar-refractivity contribution in [1.29, 1.82) is 0 Å². The van der Waals surface area contributed by atoms with Crippen molar-refractivity contribution in [3.05, 3.63) is 18.5 Å². The third kappa shape index (κ3) is 3.10. The van der Waals surface area contributed by atoms with Crippen molar-refractivity contribution in [2.45, 2.75) is 0 Å². The van der Waals surface area contributed by atoms with Gasteiger partial charge in [-0.05, 0) is 0 Å². The smallest absolute Gasteiger partial charge is 0.414 e. The van der Waals surface area contributed by atoms with Crippen LogP contribution in [0.4, 0.5) is 10.7 Å². The molecule has 0 spiro atoms.